The van der Waals surface area contributed by atoms with Crippen LogP contribution in [0.1, 0.15) is 5.56 Å². The summed E-state index contributed by atoms with van der Waals surface area (Å²) in [6.07, 6.45) is 2.92. The number of nitrogens with zero attached hydrogens (tertiary/aromatic N) is 5. The molecular weight excluding hydrogens is 491 g/mol. The number of nitro groups is 1. The number of nitro benzene ring substituents is 1. The number of likely N-dealkylation sites (N-methyl/N-ethyl adjacent to an activating group) is 2. The normalized spacial score (nSPS) is 11.4. The zero-order valence-corrected chi connectivity index (χ0v) is 21.1. The van der Waals surface area contributed by atoms with Crippen LogP contribution in [0, 0.1) is 15.9 Å². The molecule has 0 atom stereocenters. The monoisotopic (exact) mass is 518 g/mol. The van der Waals surface area contributed by atoms with Gasteiger partial charge in [0.25, 0.3) is 5.69 Å². The van der Waals surface area contributed by atoms with Crippen LogP contribution in [0.2, 0.25) is 0 Å². The zero-order valence-electron chi connectivity index (χ0n) is 21.1. The number of nitrogens with one attached hydrogen (secondary N) is 1. The molecule has 1 amide bonds. The Morgan fingerprint density at radius 2 is 1.76 bits per heavy atom. The van der Waals surface area contributed by atoms with Crippen molar-refractivity contribution in [3.05, 3.63) is 88.2 Å². The summed E-state index contributed by atoms with van der Waals surface area (Å²) < 4.78 is 13.9. The Morgan fingerprint density at radius 3 is 2.39 bits per heavy atom. The third kappa shape index (κ3) is 5.79. The molecule has 0 bridgehead atoms. The number of imidazole rings is 1. The van der Waals surface area contributed by atoms with Crippen LogP contribution in [0.5, 0.6) is 0 Å². The van der Waals surface area contributed by atoms with Gasteiger partial charge in [0.1, 0.15) is 17.0 Å². The van der Waals surface area contributed by atoms with E-state index in [1.54, 1.807) is 54.4 Å². The van der Waals surface area contributed by atoms with Crippen molar-refractivity contribution in [1.29, 1.82) is 0 Å². The molecule has 0 radical (unpaired) electrons. The molecule has 2 N–H and O–H groups in total. The van der Waals surface area contributed by atoms with Gasteiger partial charge < -0.3 is 20.3 Å². The van der Waals surface area contributed by atoms with E-state index < -0.39 is 4.92 Å². The van der Waals surface area contributed by atoms with E-state index in [2.05, 4.69) is 10.3 Å². The predicted molar refractivity (Wildman–Crippen MR) is 145 cm³/mol. The first-order valence-electron chi connectivity index (χ1n) is 11.7. The first kappa shape index (κ1) is 26.3. The summed E-state index contributed by atoms with van der Waals surface area (Å²) in [5.74, 6) is -0.514. The molecule has 10 nitrogen and oxygen atoms in total. The summed E-state index contributed by atoms with van der Waals surface area (Å²) >= 11 is 0. The van der Waals surface area contributed by atoms with Gasteiger partial charge in [0, 0.05) is 43.5 Å². The van der Waals surface area contributed by atoms with Gasteiger partial charge in [-0.3, -0.25) is 14.9 Å². The van der Waals surface area contributed by atoms with Crippen molar-refractivity contribution in [3.8, 4) is 11.4 Å². The third-order valence-electron chi connectivity index (χ3n) is 5.92. The van der Waals surface area contributed by atoms with Crippen molar-refractivity contribution >= 4 is 40.1 Å². The molecule has 1 heterocycles. The number of carbonyl (C=O) groups is 1. The molecule has 0 aliphatic rings. The van der Waals surface area contributed by atoms with Crippen LogP contribution < -0.4 is 10.2 Å². The number of aromatic nitrogens is 2. The summed E-state index contributed by atoms with van der Waals surface area (Å²) in [4.78, 5) is 31.8. The predicted octanol–water partition coefficient (Wildman–Crippen LogP) is 4.64. The molecule has 4 aromatic rings. The number of hydrogen-bond donors (Lipinski definition) is 2. The molecule has 196 valence electrons. The Bertz CT molecular complexity index is 1500. The van der Waals surface area contributed by atoms with Gasteiger partial charge in [-0.2, -0.15) is 4.73 Å². The van der Waals surface area contributed by atoms with Gasteiger partial charge in [-0.25, -0.2) is 9.37 Å². The molecule has 4 rings (SSSR count). The van der Waals surface area contributed by atoms with Crippen molar-refractivity contribution in [2.45, 2.75) is 0 Å². The van der Waals surface area contributed by atoms with E-state index in [0.717, 1.165) is 4.73 Å². The molecule has 0 aliphatic carbocycles. The fourth-order valence-electron chi connectivity index (χ4n) is 3.93. The molecular formula is C27H27FN6O4. The second kappa shape index (κ2) is 11.1. The van der Waals surface area contributed by atoms with Gasteiger partial charge >= 0.3 is 0 Å². The minimum Gasteiger partial charge on any atom is -0.426 e. The molecule has 0 spiro atoms. The molecule has 11 heteroatoms. The lowest BCUT2D eigenvalue weighted by Crippen LogP contribution is -2.29. The van der Waals surface area contributed by atoms with Crippen molar-refractivity contribution in [1.82, 2.24) is 14.6 Å². The highest BCUT2D eigenvalue weighted by Gasteiger charge is 2.26. The average Bonchev–Trinajstić information content (AvgIpc) is 3.23. The average molecular weight is 519 g/mol. The number of carbonyl (C=O) groups excluding carboxylic acids is 1. The highest BCUT2D eigenvalue weighted by molar-refractivity contribution is 6.02. The van der Waals surface area contributed by atoms with Crippen LogP contribution in [0.15, 0.2) is 66.7 Å². The van der Waals surface area contributed by atoms with E-state index in [0.29, 0.717) is 35.4 Å². The quantitative estimate of drug-likeness (QED) is 0.144. The van der Waals surface area contributed by atoms with Gasteiger partial charge in [-0.15, -0.1) is 0 Å². The van der Waals surface area contributed by atoms with Crippen molar-refractivity contribution in [2.75, 3.05) is 44.4 Å². The maximum Gasteiger partial charge on any atom is 0.294 e. The highest BCUT2D eigenvalue weighted by atomic mass is 19.1. The van der Waals surface area contributed by atoms with Crippen LogP contribution in [0.4, 0.5) is 21.5 Å². The molecule has 0 saturated carbocycles. The van der Waals surface area contributed by atoms with Gasteiger partial charge in [0.2, 0.25) is 5.91 Å². The van der Waals surface area contributed by atoms with Gasteiger partial charge in [0.15, 0.2) is 5.82 Å². The van der Waals surface area contributed by atoms with E-state index >= 15 is 0 Å². The number of benzene rings is 3. The largest absolute Gasteiger partial charge is 0.426 e. The van der Waals surface area contributed by atoms with Gasteiger partial charge in [0.05, 0.1) is 10.4 Å². The van der Waals surface area contributed by atoms with E-state index in [1.807, 2.05) is 19.0 Å². The summed E-state index contributed by atoms with van der Waals surface area (Å²) in [6, 6.07) is 15.3. The lowest BCUT2D eigenvalue weighted by Gasteiger charge is -2.22. The topological polar surface area (TPSA) is 117 Å². The molecule has 1 aromatic heterocycles. The smallest absolute Gasteiger partial charge is 0.294 e. The number of fused-ring (bicyclic) bond motifs is 1. The van der Waals surface area contributed by atoms with Crippen LogP contribution in [-0.2, 0) is 4.79 Å². The fourth-order valence-corrected chi connectivity index (χ4v) is 3.93. The van der Waals surface area contributed by atoms with Crippen molar-refractivity contribution < 1.29 is 19.3 Å². The maximum absolute atomic E-state index is 13.0. The first-order chi connectivity index (χ1) is 18.1. The van der Waals surface area contributed by atoms with E-state index in [-0.39, 0.29) is 34.4 Å². The molecule has 3 aromatic carbocycles. The molecule has 0 fully saturated rings. The lowest BCUT2D eigenvalue weighted by molar-refractivity contribution is -0.384. The minimum atomic E-state index is -0.477. The van der Waals surface area contributed by atoms with Crippen LogP contribution in [0.3, 0.4) is 0 Å². The van der Waals surface area contributed by atoms with Gasteiger partial charge in [-0.05, 0) is 68.2 Å². The van der Waals surface area contributed by atoms with Crippen LogP contribution in [-0.4, -0.2) is 64.9 Å². The van der Waals surface area contributed by atoms with Crippen molar-refractivity contribution in [2.24, 2.45) is 0 Å². The Kier molecular flexibility index (Phi) is 7.68. The van der Waals surface area contributed by atoms with Crippen LogP contribution >= 0.6 is 0 Å². The number of rotatable bonds is 9. The Balaban J connectivity index is 1.59. The van der Waals surface area contributed by atoms with Crippen LogP contribution in [0.25, 0.3) is 28.5 Å². The number of amides is 1. The number of halogens is 1. The number of hydrogen-bond acceptors (Lipinski definition) is 7. The summed E-state index contributed by atoms with van der Waals surface area (Å²) in [5, 5.41) is 25.6. The first-order valence-corrected chi connectivity index (χ1v) is 11.7. The zero-order chi connectivity index (χ0) is 27.4. The summed E-state index contributed by atoms with van der Waals surface area (Å²) in [7, 11) is 5.55. The minimum absolute atomic E-state index is 0.132. The van der Waals surface area contributed by atoms with E-state index in [1.165, 1.54) is 30.3 Å². The Hall–Kier alpha value is -4.77. The van der Waals surface area contributed by atoms with Gasteiger partial charge in [-0.1, -0.05) is 12.1 Å². The second-order valence-electron chi connectivity index (χ2n) is 8.98. The Morgan fingerprint density at radius 1 is 1.08 bits per heavy atom. The molecule has 0 aliphatic heterocycles. The summed E-state index contributed by atoms with van der Waals surface area (Å²) in [6.45, 7) is 1.15. The molecule has 38 heavy (non-hydrogen) atoms. The molecule has 0 saturated heterocycles. The standard InChI is InChI=1S/C27H27FN6O4/c1-31(2)16-17-32(3)26-23(34(37)38)14-13-22-25(26)33(36)27(30-22)19-7-11-21(12-8-19)29-24(35)15-6-18-4-9-20(28)10-5-18/h4-15,36H,16-17H2,1-3H3,(H,29,35). The fraction of sp³-hybridized carbons (Fsp3) is 0.185. The Labute approximate surface area is 218 Å². The third-order valence-corrected chi connectivity index (χ3v) is 5.92. The number of anilines is 2. The second-order valence-corrected chi connectivity index (χ2v) is 8.98. The SMILES string of the molecule is CN(C)CCN(C)c1c([N+](=O)[O-])ccc2nc(-c3ccc(NC(=O)C=Cc4ccc(F)cc4)cc3)n(O)c12. The summed E-state index contributed by atoms with van der Waals surface area (Å²) in [5.41, 5.74) is 2.53. The van der Waals surface area contributed by atoms with Crippen molar-refractivity contribution in [3.63, 3.8) is 0 Å². The lowest BCUT2D eigenvalue weighted by atomic mass is 10.2. The van der Waals surface area contributed by atoms with E-state index in [9.17, 15) is 24.5 Å². The maximum atomic E-state index is 13.0. The highest BCUT2D eigenvalue weighted by Crippen LogP contribution is 2.37. The van der Waals surface area contributed by atoms with E-state index in [4.69, 9.17) is 0 Å². The molecule has 0 unspecified atom stereocenters.